The van der Waals surface area contributed by atoms with Crippen LogP contribution in [0.25, 0.3) is 0 Å². The standard InChI is InChI=1S/C41H39P3.C24H20B.C2H4.Ir/c1-41(32-42(35-20-8-2-9-21-35)36-22-10-3-11-23-36,33-43(37-24-12-4-13-25-37)38-26-14-5-15-27-38)34-44(39-28-16-6-17-29-39)40-30-18-7-19-31-40;1-5-13-21(14-6-1)25(22-15-7-2-8-16-22,23-17-9-3-10-18-23)24-19-11-4-12-20-24;1-2;/h2-31H,32-34H2,1H3;1-20H;1-2H2;/q;-1;;. The predicted octanol–water partition coefficient (Wildman–Crippen LogP) is 12.3. The van der Waals surface area contributed by atoms with E-state index >= 15 is 0 Å². The molecule has 0 aliphatic carbocycles. The molecule has 359 valence electrons. The van der Waals surface area contributed by atoms with E-state index < -0.39 is 29.9 Å². The second-order valence-corrected chi connectivity index (χ2v) is 24.7. The van der Waals surface area contributed by atoms with Crippen molar-refractivity contribution in [2.24, 2.45) is 5.41 Å². The Balaban J connectivity index is 0.000000230. The molecule has 0 saturated heterocycles. The van der Waals surface area contributed by atoms with Crippen LogP contribution < -0.4 is 53.7 Å². The number of benzene rings is 10. The van der Waals surface area contributed by atoms with Crippen LogP contribution in [0.2, 0.25) is 0 Å². The van der Waals surface area contributed by atoms with Gasteiger partial charge in [0.15, 0.2) is 0 Å². The first-order valence-corrected chi connectivity index (χ1v) is 29.2. The van der Waals surface area contributed by atoms with Crippen molar-refractivity contribution in [3.8, 4) is 0 Å². The first-order valence-electron chi connectivity index (χ1n) is 24.6. The Morgan fingerprint density at radius 3 is 0.556 bits per heavy atom. The molecule has 0 aromatic heterocycles. The summed E-state index contributed by atoms with van der Waals surface area (Å²) in [5, 5.41) is 8.79. The number of rotatable bonds is 16. The van der Waals surface area contributed by atoms with E-state index in [1.54, 1.807) is 0 Å². The van der Waals surface area contributed by atoms with E-state index in [4.69, 9.17) is 0 Å². The van der Waals surface area contributed by atoms with Gasteiger partial charge in [0, 0.05) is 20.1 Å². The molecule has 10 rings (SSSR count). The monoisotopic (exact) mass is 1160 g/mol. The maximum absolute atomic E-state index is 3.00. The zero-order valence-electron chi connectivity index (χ0n) is 41.2. The van der Waals surface area contributed by atoms with Crippen molar-refractivity contribution in [2.75, 3.05) is 18.5 Å². The summed E-state index contributed by atoms with van der Waals surface area (Å²) in [6.07, 6.45) is 2.22. The molecule has 0 spiro atoms. The second kappa shape index (κ2) is 27.7. The van der Waals surface area contributed by atoms with Gasteiger partial charge in [-0.1, -0.05) is 310 Å². The van der Waals surface area contributed by atoms with Crippen LogP contribution in [0.5, 0.6) is 0 Å². The molecule has 0 aliphatic heterocycles. The van der Waals surface area contributed by atoms with E-state index in [-0.39, 0.29) is 25.5 Å². The van der Waals surface area contributed by atoms with Gasteiger partial charge >= 0.3 is 0 Å². The fraction of sp³-hybridized carbons (Fsp3) is 0.0746. The van der Waals surface area contributed by atoms with Gasteiger partial charge in [0.05, 0.1) is 0 Å². The van der Waals surface area contributed by atoms with Crippen LogP contribution >= 0.6 is 23.8 Å². The molecule has 10 aromatic rings. The quantitative estimate of drug-likeness (QED) is 0.0514. The SMILES string of the molecule is C=C.CC(CP(c1ccccc1)c1ccccc1)(CP(c1ccccc1)c1ccccc1)CP(c1ccccc1)c1ccccc1.[Ir].c1ccc([B-](c2ccccc2)(c2ccccc2)c2ccccc2)cc1. The largest absolute Gasteiger partial charge is 0.195 e. The normalized spacial score (nSPS) is 11.1. The average molecular weight is 1160 g/mol. The zero-order valence-corrected chi connectivity index (χ0v) is 46.2. The Morgan fingerprint density at radius 1 is 0.264 bits per heavy atom. The van der Waals surface area contributed by atoms with E-state index in [2.05, 4.69) is 323 Å². The van der Waals surface area contributed by atoms with Crippen LogP contribution in [0.4, 0.5) is 0 Å². The summed E-state index contributed by atoms with van der Waals surface area (Å²) in [5.74, 6) is 0. The summed E-state index contributed by atoms with van der Waals surface area (Å²) in [7, 11) is -1.66. The van der Waals surface area contributed by atoms with Gasteiger partial charge in [-0.3, -0.25) is 0 Å². The smallest absolute Gasteiger partial charge is 0.108 e. The Labute approximate surface area is 447 Å². The van der Waals surface area contributed by atoms with Crippen molar-refractivity contribution in [3.63, 3.8) is 0 Å². The van der Waals surface area contributed by atoms with Crippen LogP contribution in [-0.4, -0.2) is 24.6 Å². The molecule has 0 aliphatic rings. The number of hydrogen-bond donors (Lipinski definition) is 0. The minimum atomic E-state index is -1.22. The molecule has 0 amide bonds. The molecule has 0 bridgehead atoms. The Morgan fingerprint density at radius 2 is 0.403 bits per heavy atom. The Kier molecular flexibility index (Phi) is 20.7. The van der Waals surface area contributed by atoms with Gasteiger partial charge in [0.2, 0.25) is 0 Å². The van der Waals surface area contributed by atoms with E-state index in [9.17, 15) is 0 Å². The molecule has 1 radical (unpaired) electrons. The van der Waals surface area contributed by atoms with Gasteiger partial charge in [-0.05, 0) is 79.5 Å². The number of hydrogen-bond acceptors (Lipinski definition) is 0. The van der Waals surface area contributed by atoms with Crippen molar-refractivity contribution in [1.82, 2.24) is 0 Å². The van der Waals surface area contributed by atoms with E-state index in [0.717, 1.165) is 18.5 Å². The summed E-state index contributed by atoms with van der Waals surface area (Å²) in [5.41, 5.74) is 5.43. The predicted molar refractivity (Wildman–Crippen MR) is 321 cm³/mol. The topological polar surface area (TPSA) is 0 Å². The average Bonchev–Trinajstić information content (AvgIpc) is 3.47. The summed E-state index contributed by atoms with van der Waals surface area (Å²) in [4.78, 5) is 0. The van der Waals surface area contributed by atoms with E-state index in [1.165, 1.54) is 53.7 Å². The van der Waals surface area contributed by atoms with Crippen LogP contribution in [0, 0.1) is 5.41 Å². The fourth-order valence-electron chi connectivity index (χ4n) is 10.1. The molecular weight excluding hydrogens is 1100 g/mol. The van der Waals surface area contributed by atoms with Gasteiger partial charge in [0.1, 0.15) is 6.15 Å². The van der Waals surface area contributed by atoms with Crippen LogP contribution in [-0.2, 0) is 20.1 Å². The molecular formula is C67H63BIrP3-. The second-order valence-electron chi connectivity index (χ2n) is 18.1. The Hall–Kier alpha value is -6.06. The Bertz CT molecular complexity index is 2540. The fourth-order valence-corrected chi connectivity index (χ4v) is 18.7. The van der Waals surface area contributed by atoms with Gasteiger partial charge < -0.3 is 0 Å². The summed E-state index contributed by atoms with van der Waals surface area (Å²) in [6.45, 7) is 8.61. The molecule has 0 atom stereocenters. The molecule has 0 N–H and O–H groups in total. The third-order valence-corrected chi connectivity index (χ3v) is 22.0. The van der Waals surface area contributed by atoms with Crippen LogP contribution in [0.15, 0.2) is 316 Å². The maximum atomic E-state index is 3.00. The molecule has 0 heterocycles. The molecule has 0 nitrogen and oxygen atoms in total. The molecule has 0 saturated carbocycles. The van der Waals surface area contributed by atoms with Crippen molar-refractivity contribution in [2.45, 2.75) is 6.92 Å². The zero-order chi connectivity index (χ0) is 49.0. The van der Waals surface area contributed by atoms with E-state index in [0.29, 0.717) is 0 Å². The molecule has 5 heteroatoms. The molecule has 72 heavy (non-hydrogen) atoms. The first-order chi connectivity index (χ1) is 35.1. The minimum absolute atomic E-state index is 0. The van der Waals surface area contributed by atoms with Crippen molar-refractivity contribution >= 4 is 83.6 Å². The summed E-state index contributed by atoms with van der Waals surface area (Å²) in [6, 6.07) is 111. The molecule has 0 unspecified atom stereocenters. The third-order valence-electron chi connectivity index (χ3n) is 13.2. The van der Waals surface area contributed by atoms with E-state index in [1.807, 2.05) is 0 Å². The van der Waals surface area contributed by atoms with Gasteiger partial charge in [-0.25, -0.2) is 0 Å². The minimum Gasteiger partial charge on any atom is -0.195 e. The first kappa shape index (κ1) is 53.7. The third kappa shape index (κ3) is 13.5. The van der Waals surface area contributed by atoms with Crippen molar-refractivity contribution in [1.29, 1.82) is 0 Å². The van der Waals surface area contributed by atoms with Crippen LogP contribution in [0.1, 0.15) is 6.92 Å². The summed E-state index contributed by atoms with van der Waals surface area (Å²) < 4.78 is 0. The van der Waals surface area contributed by atoms with Gasteiger partial charge in [-0.2, -0.15) is 21.9 Å². The molecule has 0 fully saturated rings. The molecule has 10 aromatic carbocycles. The summed E-state index contributed by atoms with van der Waals surface area (Å²) >= 11 is 0. The van der Waals surface area contributed by atoms with Gasteiger partial charge in [0.25, 0.3) is 0 Å². The van der Waals surface area contributed by atoms with Crippen molar-refractivity contribution < 1.29 is 20.1 Å². The van der Waals surface area contributed by atoms with Crippen LogP contribution in [0.3, 0.4) is 0 Å². The maximum Gasteiger partial charge on any atom is 0.108 e. The van der Waals surface area contributed by atoms with Crippen molar-refractivity contribution in [3.05, 3.63) is 316 Å². The van der Waals surface area contributed by atoms with Gasteiger partial charge in [-0.15, -0.1) is 13.2 Å².